The molecule has 1 aliphatic heterocycles. The van der Waals surface area contributed by atoms with Gasteiger partial charge in [0.2, 0.25) is 0 Å². The Balaban J connectivity index is 1.77. The van der Waals surface area contributed by atoms with Crippen LogP contribution in [0.25, 0.3) is 6.08 Å². The van der Waals surface area contributed by atoms with E-state index in [9.17, 15) is 19.7 Å². The third-order valence-electron chi connectivity index (χ3n) is 4.47. The number of thioether (sulfide) groups is 1. The first-order valence-corrected chi connectivity index (χ1v) is 10.9. The van der Waals surface area contributed by atoms with Crippen molar-refractivity contribution in [1.29, 1.82) is 0 Å². The van der Waals surface area contributed by atoms with E-state index in [0.29, 0.717) is 26.4 Å². The van der Waals surface area contributed by atoms with Gasteiger partial charge in [-0.25, -0.2) is 0 Å². The number of carbonyl (C=O) groups excluding carboxylic acids is 2. The summed E-state index contributed by atoms with van der Waals surface area (Å²) in [5.41, 5.74) is 1.40. The number of nitro groups is 1. The number of hydrogen-bond donors (Lipinski definition) is 0. The average molecular weight is 523 g/mol. The molecule has 0 N–H and O–H groups in total. The number of rotatable bonds is 9. The maximum Gasteiger partial charge on any atom is 0.293 e. The van der Waals surface area contributed by atoms with Crippen LogP contribution in [-0.2, 0) is 16.1 Å². The molecular weight excluding hydrogens is 504 g/mol. The number of ether oxygens (including phenoxy) is 3. The van der Waals surface area contributed by atoms with Gasteiger partial charge in [-0.1, -0.05) is 0 Å². The van der Waals surface area contributed by atoms with Crippen LogP contribution in [0, 0.1) is 10.1 Å². The van der Waals surface area contributed by atoms with E-state index in [1.807, 2.05) is 0 Å². The molecule has 1 aliphatic rings. The average Bonchev–Trinajstić information content (AvgIpc) is 3.03. The molecule has 3 rings (SSSR count). The quantitative estimate of drug-likeness (QED) is 0.266. The van der Waals surface area contributed by atoms with Crippen LogP contribution in [-0.4, -0.2) is 48.3 Å². The van der Waals surface area contributed by atoms with E-state index in [4.69, 9.17) is 14.2 Å². The van der Waals surface area contributed by atoms with Gasteiger partial charge in [-0.15, -0.1) is 0 Å². The maximum atomic E-state index is 12.5. The Kier molecular flexibility index (Phi) is 7.89. The Hall–Kier alpha value is -2.89. The Morgan fingerprint density at radius 1 is 1.19 bits per heavy atom. The molecule has 0 saturated carbocycles. The Morgan fingerprint density at radius 3 is 2.53 bits per heavy atom. The third kappa shape index (κ3) is 5.47. The first kappa shape index (κ1) is 23.8. The van der Waals surface area contributed by atoms with E-state index in [-0.39, 0.29) is 36.6 Å². The summed E-state index contributed by atoms with van der Waals surface area (Å²) in [6.07, 6.45) is 1.62. The van der Waals surface area contributed by atoms with E-state index in [1.54, 1.807) is 30.3 Å². The van der Waals surface area contributed by atoms with Crippen molar-refractivity contribution < 1.29 is 28.7 Å². The summed E-state index contributed by atoms with van der Waals surface area (Å²) >= 11 is 4.33. The smallest absolute Gasteiger partial charge is 0.293 e. The molecule has 0 aromatic heterocycles. The second-order valence-corrected chi connectivity index (χ2v) is 8.42. The zero-order valence-corrected chi connectivity index (χ0v) is 19.6. The van der Waals surface area contributed by atoms with Gasteiger partial charge in [-0.3, -0.25) is 24.6 Å². The molecule has 1 fully saturated rings. The van der Waals surface area contributed by atoms with Crippen molar-refractivity contribution in [3.8, 4) is 11.5 Å². The molecule has 32 heavy (non-hydrogen) atoms. The monoisotopic (exact) mass is 522 g/mol. The summed E-state index contributed by atoms with van der Waals surface area (Å²) in [7, 11) is 2.99. The minimum Gasteiger partial charge on any atom is -0.493 e. The Morgan fingerprint density at radius 2 is 1.91 bits per heavy atom. The summed E-state index contributed by atoms with van der Waals surface area (Å²) in [6.45, 7) is 0.636. The molecular formula is C21H19BrN2O7S. The van der Waals surface area contributed by atoms with Gasteiger partial charge >= 0.3 is 0 Å². The normalized spacial score (nSPS) is 14.8. The largest absolute Gasteiger partial charge is 0.493 e. The lowest BCUT2D eigenvalue weighted by atomic mass is 10.1. The summed E-state index contributed by atoms with van der Waals surface area (Å²) < 4.78 is 16.8. The van der Waals surface area contributed by atoms with Gasteiger partial charge in [0.05, 0.1) is 34.6 Å². The van der Waals surface area contributed by atoms with Crippen LogP contribution >= 0.6 is 27.7 Å². The number of nitrogens with zero attached hydrogens (tertiary/aromatic N) is 2. The molecule has 0 atom stereocenters. The minimum atomic E-state index is -0.463. The number of halogens is 1. The molecule has 1 heterocycles. The first-order valence-electron chi connectivity index (χ1n) is 9.32. The van der Waals surface area contributed by atoms with Crippen LogP contribution in [0.1, 0.15) is 11.1 Å². The van der Waals surface area contributed by atoms with Gasteiger partial charge in [-0.2, -0.15) is 0 Å². The summed E-state index contributed by atoms with van der Waals surface area (Å²) in [4.78, 5) is 36.4. The van der Waals surface area contributed by atoms with Crippen LogP contribution in [0.3, 0.4) is 0 Å². The van der Waals surface area contributed by atoms with E-state index < -0.39 is 4.92 Å². The highest BCUT2D eigenvalue weighted by molar-refractivity contribution is 9.10. The highest BCUT2D eigenvalue weighted by Crippen LogP contribution is 2.39. The predicted molar refractivity (Wildman–Crippen MR) is 123 cm³/mol. The number of amides is 2. The van der Waals surface area contributed by atoms with Crippen molar-refractivity contribution in [2.75, 3.05) is 27.4 Å². The first-order chi connectivity index (χ1) is 15.3. The number of imide groups is 1. The zero-order valence-electron chi connectivity index (χ0n) is 17.2. The van der Waals surface area contributed by atoms with Gasteiger partial charge in [0.25, 0.3) is 16.8 Å². The number of hydrogen-bond acceptors (Lipinski definition) is 8. The van der Waals surface area contributed by atoms with Crippen LogP contribution in [0.5, 0.6) is 11.5 Å². The molecule has 2 aromatic carbocycles. The predicted octanol–water partition coefficient (Wildman–Crippen LogP) is 4.63. The summed E-state index contributed by atoms with van der Waals surface area (Å²) in [6, 6.07) is 9.50. The van der Waals surface area contributed by atoms with Crippen molar-refractivity contribution in [3.63, 3.8) is 0 Å². The van der Waals surface area contributed by atoms with Crippen molar-refractivity contribution in [2.45, 2.75) is 6.61 Å². The SMILES string of the molecule is COCCN1C(=O)S/C(=C/c2cc(Br)c(OCc3ccc([N+](=O)[O-])cc3)c(OC)c2)C1=O. The number of non-ortho nitro benzene ring substituents is 1. The lowest BCUT2D eigenvalue weighted by Crippen LogP contribution is -2.31. The molecule has 1 saturated heterocycles. The summed E-state index contributed by atoms with van der Waals surface area (Å²) in [5.74, 6) is 0.494. The Labute approximate surface area is 196 Å². The van der Waals surface area contributed by atoms with Crippen molar-refractivity contribution in [2.24, 2.45) is 0 Å². The van der Waals surface area contributed by atoms with E-state index >= 15 is 0 Å². The van der Waals surface area contributed by atoms with Crippen LogP contribution < -0.4 is 9.47 Å². The van der Waals surface area contributed by atoms with Crippen molar-refractivity contribution in [1.82, 2.24) is 4.90 Å². The molecule has 0 aliphatic carbocycles. The second kappa shape index (κ2) is 10.6. The molecule has 2 aromatic rings. The maximum absolute atomic E-state index is 12.5. The van der Waals surface area contributed by atoms with Gasteiger partial charge in [-0.05, 0) is 69.2 Å². The van der Waals surface area contributed by atoms with Crippen LogP contribution in [0.4, 0.5) is 10.5 Å². The number of methoxy groups -OCH3 is 2. The van der Waals surface area contributed by atoms with Crippen molar-refractivity contribution in [3.05, 3.63) is 67.0 Å². The standard InChI is InChI=1S/C21H19BrN2O7S/c1-29-8-7-23-20(25)18(32-21(23)26)11-14-9-16(22)19(17(10-14)30-2)31-12-13-3-5-15(6-4-13)24(27)28/h3-6,9-11H,7-8,12H2,1-2H3/b18-11+. The molecule has 11 heteroatoms. The fourth-order valence-corrected chi connectivity index (χ4v) is 4.30. The summed E-state index contributed by atoms with van der Waals surface area (Å²) in [5, 5.41) is 10.4. The molecule has 9 nitrogen and oxygen atoms in total. The van der Waals surface area contributed by atoms with Gasteiger partial charge in [0.15, 0.2) is 11.5 Å². The highest BCUT2D eigenvalue weighted by Gasteiger charge is 2.34. The molecule has 0 bridgehead atoms. The third-order valence-corrected chi connectivity index (χ3v) is 5.97. The number of nitro benzene ring substituents is 1. The molecule has 2 amide bonds. The molecule has 0 spiro atoms. The Bertz CT molecular complexity index is 1070. The van der Waals surface area contributed by atoms with Gasteiger partial charge in [0, 0.05) is 19.2 Å². The minimum absolute atomic E-state index is 0.00324. The zero-order chi connectivity index (χ0) is 23.3. The fourth-order valence-electron chi connectivity index (χ4n) is 2.86. The van der Waals surface area contributed by atoms with E-state index in [2.05, 4.69) is 15.9 Å². The fraction of sp³-hybridized carbons (Fsp3) is 0.238. The molecule has 0 unspecified atom stereocenters. The van der Waals surface area contributed by atoms with Crippen LogP contribution in [0.15, 0.2) is 45.8 Å². The topological polar surface area (TPSA) is 108 Å². The lowest BCUT2D eigenvalue weighted by molar-refractivity contribution is -0.384. The number of benzene rings is 2. The highest BCUT2D eigenvalue weighted by atomic mass is 79.9. The van der Waals surface area contributed by atoms with Crippen LogP contribution in [0.2, 0.25) is 0 Å². The van der Waals surface area contributed by atoms with Gasteiger partial charge < -0.3 is 14.2 Å². The molecule has 168 valence electrons. The molecule has 0 radical (unpaired) electrons. The van der Waals surface area contributed by atoms with E-state index in [0.717, 1.165) is 22.2 Å². The van der Waals surface area contributed by atoms with Crippen molar-refractivity contribution >= 4 is 50.6 Å². The second-order valence-electron chi connectivity index (χ2n) is 6.57. The van der Waals surface area contributed by atoms with Gasteiger partial charge in [0.1, 0.15) is 6.61 Å². The number of carbonyl (C=O) groups is 2. The lowest BCUT2D eigenvalue weighted by Gasteiger charge is -2.14. The van der Waals surface area contributed by atoms with E-state index in [1.165, 1.54) is 26.4 Å².